The van der Waals surface area contributed by atoms with Crippen LogP contribution in [0, 0.1) is 0 Å². The fourth-order valence-electron chi connectivity index (χ4n) is 2.00. The van der Waals surface area contributed by atoms with Crippen LogP contribution < -0.4 is 5.32 Å². The molecule has 1 amide bonds. The second-order valence-electron chi connectivity index (χ2n) is 4.53. The van der Waals surface area contributed by atoms with Gasteiger partial charge in [-0.05, 0) is 12.1 Å². The van der Waals surface area contributed by atoms with E-state index in [1.165, 1.54) is 22.6 Å². The topological polar surface area (TPSA) is 118 Å². The fourth-order valence-corrected chi connectivity index (χ4v) is 3.32. The highest BCUT2D eigenvalue weighted by Crippen LogP contribution is 2.20. The van der Waals surface area contributed by atoms with Gasteiger partial charge in [0.05, 0.1) is 13.2 Å². The number of imidazole rings is 1. The Bertz CT molecular complexity index is 746. The van der Waals surface area contributed by atoms with Crippen molar-refractivity contribution >= 4 is 21.9 Å². The predicted octanol–water partition coefficient (Wildman–Crippen LogP) is 0.276. The number of nitrogens with one attached hydrogen (secondary N) is 2. The summed E-state index contributed by atoms with van der Waals surface area (Å²) in [6, 6.07) is 2.58. The molecule has 0 aromatic carbocycles. The number of carbonyl (C=O) groups is 1. The van der Waals surface area contributed by atoms with Crippen LogP contribution in [0.2, 0.25) is 0 Å². The average molecular weight is 326 g/mol. The summed E-state index contributed by atoms with van der Waals surface area (Å²) in [5, 5.41) is 2.19. The highest BCUT2D eigenvalue weighted by atomic mass is 32.2. The number of ether oxygens (including phenoxy) is 1. The number of aromatic nitrogens is 2. The number of sulfonamides is 1. The van der Waals surface area contributed by atoms with E-state index >= 15 is 0 Å². The normalized spacial score (nSPS) is 16.5. The van der Waals surface area contributed by atoms with Gasteiger partial charge >= 0.3 is 0 Å². The molecular weight excluding hydrogens is 312 g/mol. The molecule has 0 radical (unpaired) electrons. The molecule has 0 aliphatic carbocycles. The zero-order valence-corrected chi connectivity index (χ0v) is 12.3. The molecule has 0 bridgehead atoms. The SMILES string of the molecule is O=C(Nc1ncc[nH]1)c1ccc(S(=O)(=O)N2CCOCC2)o1. The third kappa shape index (κ3) is 2.89. The van der Waals surface area contributed by atoms with Gasteiger partial charge in [0.1, 0.15) is 0 Å². The number of morpholine rings is 1. The van der Waals surface area contributed by atoms with Crippen LogP contribution in [0.4, 0.5) is 5.95 Å². The second-order valence-corrected chi connectivity index (χ2v) is 6.40. The van der Waals surface area contributed by atoms with Gasteiger partial charge in [-0.2, -0.15) is 4.31 Å². The molecule has 2 aromatic rings. The summed E-state index contributed by atoms with van der Waals surface area (Å²) in [7, 11) is -3.75. The molecule has 1 fully saturated rings. The largest absolute Gasteiger partial charge is 0.438 e. The summed E-state index contributed by atoms with van der Waals surface area (Å²) in [4.78, 5) is 18.5. The van der Waals surface area contributed by atoms with Gasteiger partial charge in [0, 0.05) is 25.5 Å². The van der Waals surface area contributed by atoms with Crippen molar-refractivity contribution in [3.05, 3.63) is 30.3 Å². The van der Waals surface area contributed by atoms with E-state index in [-0.39, 0.29) is 29.9 Å². The lowest BCUT2D eigenvalue weighted by molar-refractivity contribution is 0.0723. The van der Waals surface area contributed by atoms with Gasteiger partial charge in [-0.3, -0.25) is 10.1 Å². The van der Waals surface area contributed by atoms with E-state index in [0.29, 0.717) is 13.2 Å². The summed E-state index contributed by atoms with van der Waals surface area (Å²) >= 11 is 0. The molecular formula is C12H14N4O5S. The van der Waals surface area contributed by atoms with E-state index in [1.807, 2.05) is 0 Å². The predicted molar refractivity (Wildman–Crippen MR) is 74.8 cm³/mol. The van der Waals surface area contributed by atoms with Crippen molar-refractivity contribution < 1.29 is 22.4 Å². The summed E-state index contributed by atoms with van der Waals surface area (Å²) in [5.74, 6) is -0.444. The first-order valence-corrected chi connectivity index (χ1v) is 8.00. The first-order valence-electron chi connectivity index (χ1n) is 6.56. The first-order chi connectivity index (χ1) is 10.6. The van der Waals surface area contributed by atoms with Gasteiger partial charge in [-0.1, -0.05) is 0 Å². The molecule has 3 heterocycles. The van der Waals surface area contributed by atoms with E-state index < -0.39 is 15.9 Å². The van der Waals surface area contributed by atoms with Crippen LogP contribution in [-0.4, -0.2) is 54.9 Å². The summed E-state index contributed by atoms with van der Waals surface area (Å²) in [5.41, 5.74) is 0. The third-order valence-corrected chi connectivity index (χ3v) is 4.87. The minimum Gasteiger partial charge on any atom is -0.438 e. The van der Waals surface area contributed by atoms with Crippen molar-refractivity contribution in [3.8, 4) is 0 Å². The number of hydrogen-bond acceptors (Lipinski definition) is 6. The van der Waals surface area contributed by atoms with Gasteiger partial charge < -0.3 is 14.1 Å². The third-order valence-electron chi connectivity index (χ3n) is 3.10. The van der Waals surface area contributed by atoms with Crippen LogP contribution in [0.1, 0.15) is 10.6 Å². The van der Waals surface area contributed by atoms with Gasteiger partial charge in [0.25, 0.3) is 15.9 Å². The molecule has 1 aliphatic rings. The molecule has 2 N–H and O–H groups in total. The van der Waals surface area contributed by atoms with Gasteiger partial charge in [-0.15, -0.1) is 0 Å². The Balaban J connectivity index is 1.76. The van der Waals surface area contributed by atoms with Gasteiger partial charge in [0.2, 0.25) is 11.0 Å². The van der Waals surface area contributed by atoms with Crippen molar-refractivity contribution in [2.75, 3.05) is 31.6 Å². The number of amides is 1. The van der Waals surface area contributed by atoms with Gasteiger partial charge in [0.15, 0.2) is 5.76 Å². The van der Waals surface area contributed by atoms with Gasteiger partial charge in [-0.25, -0.2) is 13.4 Å². The Morgan fingerprint density at radius 1 is 1.32 bits per heavy atom. The maximum absolute atomic E-state index is 12.4. The number of rotatable bonds is 4. The number of nitrogens with zero attached hydrogens (tertiary/aromatic N) is 2. The van der Waals surface area contributed by atoms with Crippen molar-refractivity contribution in [2.24, 2.45) is 0 Å². The maximum atomic E-state index is 12.4. The van der Waals surface area contributed by atoms with E-state index in [0.717, 1.165) is 0 Å². The minimum absolute atomic E-state index is 0.108. The van der Waals surface area contributed by atoms with E-state index in [1.54, 1.807) is 6.20 Å². The Hall–Kier alpha value is -2.17. The number of anilines is 1. The summed E-state index contributed by atoms with van der Waals surface area (Å²) in [6.45, 7) is 1.20. The van der Waals surface area contributed by atoms with Crippen molar-refractivity contribution in [1.29, 1.82) is 0 Å². The number of hydrogen-bond donors (Lipinski definition) is 2. The Morgan fingerprint density at radius 3 is 2.77 bits per heavy atom. The monoisotopic (exact) mass is 326 g/mol. The standard InChI is InChI=1S/C12H14N4O5S/c17-11(15-12-13-3-4-14-12)9-1-2-10(21-9)22(18,19)16-5-7-20-8-6-16/h1-4H,5-8H2,(H2,13,14,15,17). The maximum Gasteiger partial charge on any atom is 0.293 e. The smallest absolute Gasteiger partial charge is 0.293 e. The van der Waals surface area contributed by atoms with Crippen LogP contribution in [0.15, 0.2) is 34.0 Å². The Kier molecular flexibility index (Phi) is 3.96. The van der Waals surface area contributed by atoms with E-state index in [2.05, 4.69) is 15.3 Å². The molecule has 0 atom stereocenters. The number of H-pyrrole nitrogens is 1. The second kappa shape index (κ2) is 5.91. The number of carbonyl (C=O) groups excluding carboxylic acids is 1. The van der Waals surface area contributed by atoms with Crippen LogP contribution in [0.5, 0.6) is 0 Å². The molecule has 0 spiro atoms. The minimum atomic E-state index is -3.75. The number of furan rings is 1. The average Bonchev–Trinajstić information content (AvgIpc) is 3.19. The van der Waals surface area contributed by atoms with E-state index in [9.17, 15) is 13.2 Å². The molecule has 22 heavy (non-hydrogen) atoms. The van der Waals surface area contributed by atoms with Crippen LogP contribution in [0.25, 0.3) is 0 Å². The zero-order valence-electron chi connectivity index (χ0n) is 11.5. The lowest BCUT2D eigenvalue weighted by atomic mass is 10.4. The molecule has 118 valence electrons. The fraction of sp³-hybridized carbons (Fsp3) is 0.333. The number of aromatic amines is 1. The first kappa shape index (κ1) is 14.8. The molecule has 2 aromatic heterocycles. The quantitative estimate of drug-likeness (QED) is 0.833. The Labute approximate surface area is 126 Å². The lowest BCUT2D eigenvalue weighted by Crippen LogP contribution is -2.40. The van der Waals surface area contributed by atoms with E-state index in [4.69, 9.17) is 9.15 Å². The highest BCUT2D eigenvalue weighted by Gasteiger charge is 2.30. The zero-order chi connectivity index (χ0) is 15.6. The molecule has 1 aliphatic heterocycles. The summed E-state index contributed by atoms with van der Waals surface area (Å²) < 4.78 is 36.3. The molecule has 0 unspecified atom stereocenters. The summed E-state index contributed by atoms with van der Waals surface area (Å²) in [6.07, 6.45) is 3.03. The Morgan fingerprint density at radius 2 is 2.09 bits per heavy atom. The van der Waals surface area contributed by atoms with Crippen molar-refractivity contribution in [1.82, 2.24) is 14.3 Å². The highest BCUT2D eigenvalue weighted by molar-refractivity contribution is 7.89. The molecule has 1 saturated heterocycles. The molecule has 10 heteroatoms. The van der Waals surface area contributed by atoms with Crippen LogP contribution >= 0.6 is 0 Å². The van der Waals surface area contributed by atoms with Crippen LogP contribution in [-0.2, 0) is 14.8 Å². The van der Waals surface area contributed by atoms with Crippen molar-refractivity contribution in [2.45, 2.75) is 5.09 Å². The molecule has 3 rings (SSSR count). The van der Waals surface area contributed by atoms with Crippen LogP contribution in [0.3, 0.4) is 0 Å². The molecule has 0 saturated carbocycles. The lowest BCUT2D eigenvalue weighted by Gasteiger charge is -2.24. The van der Waals surface area contributed by atoms with Crippen molar-refractivity contribution in [3.63, 3.8) is 0 Å². The molecule has 9 nitrogen and oxygen atoms in total.